The Morgan fingerprint density at radius 2 is 2.05 bits per heavy atom. The zero-order valence-corrected chi connectivity index (χ0v) is 16.4. The van der Waals surface area contributed by atoms with Gasteiger partial charge in [0.2, 0.25) is 0 Å². The van der Waals surface area contributed by atoms with Crippen LogP contribution >= 0.6 is 31.9 Å². The average Bonchev–Trinajstić information content (AvgIpc) is 2.63. The first-order valence-corrected chi connectivity index (χ1v) is 11.7. The number of carbonyl (C=O) groups excluding carboxylic acids is 1. The maximum Gasteiger partial charge on any atom is 0.192 e. The average molecular weight is 438 g/mol. The predicted molar refractivity (Wildman–Crippen MR) is 90.1 cm³/mol. The lowest BCUT2D eigenvalue weighted by Crippen LogP contribution is -2.22. The zero-order chi connectivity index (χ0) is 16.2. The molecule has 0 saturated heterocycles. The number of nitriles is 1. The molecule has 0 bridgehead atoms. The Hall–Kier alpha value is -0.463. The van der Waals surface area contributed by atoms with Crippen molar-refractivity contribution in [3.05, 3.63) is 20.3 Å². The summed E-state index contributed by atoms with van der Waals surface area (Å²) in [4.78, 5) is 11.7. The number of hydrogen-bond donors (Lipinski definition) is 1. The van der Waals surface area contributed by atoms with E-state index in [0.717, 1.165) is 6.04 Å². The fourth-order valence-corrected chi connectivity index (χ4v) is 4.08. The molecule has 0 radical (unpaired) electrons. The van der Waals surface area contributed by atoms with Crippen molar-refractivity contribution in [3.8, 4) is 6.07 Å². The van der Waals surface area contributed by atoms with Crippen LogP contribution in [0.1, 0.15) is 16.1 Å². The number of aromatic nitrogens is 1. The maximum absolute atomic E-state index is 11.7. The second-order valence-corrected chi connectivity index (χ2v) is 13.0. The van der Waals surface area contributed by atoms with Gasteiger partial charge in [-0.05, 0) is 37.9 Å². The van der Waals surface area contributed by atoms with Gasteiger partial charge in [0.25, 0.3) is 0 Å². The van der Waals surface area contributed by atoms with Crippen LogP contribution in [0.25, 0.3) is 0 Å². The van der Waals surface area contributed by atoms with E-state index >= 15 is 0 Å². The van der Waals surface area contributed by atoms with Gasteiger partial charge >= 0.3 is 0 Å². The molecule has 8 heteroatoms. The Kier molecular flexibility index (Phi) is 6.81. The summed E-state index contributed by atoms with van der Waals surface area (Å²) in [5.74, 6) is -0.453. The summed E-state index contributed by atoms with van der Waals surface area (Å²) >= 11 is 6.55. The van der Waals surface area contributed by atoms with Crippen LogP contribution in [0.5, 0.6) is 0 Å². The fourth-order valence-electron chi connectivity index (χ4n) is 1.64. The van der Waals surface area contributed by atoms with Crippen LogP contribution in [-0.4, -0.2) is 36.7 Å². The van der Waals surface area contributed by atoms with E-state index < -0.39 is 20.5 Å². The third-order valence-electron chi connectivity index (χ3n) is 2.89. The van der Waals surface area contributed by atoms with E-state index in [1.165, 1.54) is 0 Å². The van der Waals surface area contributed by atoms with Crippen LogP contribution in [0.15, 0.2) is 9.08 Å². The monoisotopic (exact) mass is 436 g/mol. The lowest BCUT2D eigenvalue weighted by atomic mass is 10.2. The molecule has 0 amide bonds. The molecular formula is C13H18Br2N2O3Si. The van der Waals surface area contributed by atoms with Gasteiger partial charge in [0.15, 0.2) is 5.78 Å². The molecule has 21 heavy (non-hydrogen) atoms. The lowest BCUT2D eigenvalue weighted by Gasteiger charge is -2.16. The molecule has 5 nitrogen and oxygen atoms in total. The Bertz CT molecular complexity index is 573. The van der Waals surface area contributed by atoms with E-state index in [1.807, 2.05) is 6.07 Å². The molecule has 1 heterocycles. The van der Waals surface area contributed by atoms with Crippen LogP contribution in [0.4, 0.5) is 0 Å². The van der Waals surface area contributed by atoms with Gasteiger partial charge in [-0.15, -0.1) is 0 Å². The summed E-state index contributed by atoms with van der Waals surface area (Å²) in [6.45, 7) is 6.98. The quantitative estimate of drug-likeness (QED) is 0.403. The number of hydrogen-bond acceptors (Lipinski definition) is 4. The fraction of sp³-hybridized carbons (Fsp3) is 0.538. The molecule has 0 saturated carbocycles. The molecular weight excluding hydrogens is 420 g/mol. The van der Waals surface area contributed by atoms with Crippen LogP contribution in [0, 0.1) is 11.3 Å². The van der Waals surface area contributed by atoms with Crippen molar-refractivity contribution < 1.29 is 14.6 Å². The van der Waals surface area contributed by atoms with E-state index in [1.54, 1.807) is 4.57 Å². The standard InChI is InChI=1S/C13H18Br2N2O3Si/c1-21(2,3)5-4-20-8-17-9(6-16)12(14)11(13(17)15)10(19)7-18/h18H,4-5,7-8H2,1-3H3. The first-order chi connectivity index (χ1) is 9.72. The van der Waals surface area contributed by atoms with Crippen molar-refractivity contribution in [3.63, 3.8) is 0 Å². The second kappa shape index (κ2) is 7.69. The van der Waals surface area contributed by atoms with Gasteiger partial charge in [0.05, 0.1) is 14.6 Å². The number of rotatable bonds is 7. The highest BCUT2D eigenvalue weighted by Gasteiger charge is 2.24. The molecule has 0 aliphatic heterocycles. The van der Waals surface area contributed by atoms with E-state index in [9.17, 15) is 10.1 Å². The Morgan fingerprint density at radius 1 is 1.43 bits per heavy atom. The molecule has 0 unspecified atom stereocenters. The predicted octanol–water partition coefficient (Wildman–Crippen LogP) is 3.37. The largest absolute Gasteiger partial charge is 0.388 e. The third-order valence-corrected chi connectivity index (χ3v) is 6.19. The van der Waals surface area contributed by atoms with E-state index in [4.69, 9.17) is 9.84 Å². The molecule has 116 valence electrons. The van der Waals surface area contributed by atoms with E-state index in [2.05, 4.69) is 51.5 Å². The molecule has 0 aromatic carbocycles. The summed E-state index contributed by atoms with van der Waals surface area (Å²) in [6.07, 6.45) is 0. The van der Waals surface area contributed by atoms with Gasteiger partial charge in [0.1, 0.15) is 25.1 Å². The SMILES string of the molecule is C[Si](C)(C)CCOCn1c(Br)c(C(=O)CO)c(Br)c1C#N. The molecule has 0 aliphatic carbocycles. The molecule has 1 rings (SSSR count). The lowest BCUT2D eigenvalue weighted by molar-refractivity contribution is 0.0845. The molecule has 1 N–H and O–H groups in total. The van der Waals surface area contributed by atoms with E-state index in [-0.39, 0.29) is 12.3 Å². The van der Waals surface area contributed by atoms with Crippen LogP contribution in [-0.2, 0) is 11.5 Å². The van der Waals surface area contributed by atoms with Gasteiger partial charge in [-0.3, -0.25) is 4.79 Å². The number of ketones is 1. The van der Waals surface area contributed by atoms with Gasteiger partial charge in [0, 0.05) is 14.7 Å². The summed E-state index contributed by atoms with van der Waals surface area (Å²) in [5, 5.41) is 18.2. The number of halogens is 2. The maximum atomic E-state index is 11.7. The first-order valence-electron chi connectivity index (χ1n) is 6.42. The molecule has 0 fully saturated rings. The van der Waals surface area contributed by atoms with Crippen molar-refractivity contribution in [2.45, 2.75) is 32.4 Å². The summed E-state index contributed by atoms with van der Waals surface area (Å²) in [6, 6.07) is 3.07. The Morgan fingerprint density at radius 3 is 2.52 bits per heavy atom. The summed E-state index contributed by atoms with van der Waals surface area (Å²) in [5.41, 5.74) is 0.564. The summed E-state index contributed by atoms with van der Waals surface area (Å²) in [7, 11) is -1.17. The third kappa shape index (κ3) is 4.76. The molecule has 1 aromatic rings. The minimum absolute atomic E-state index is 0.186. The number of carbonyl (C=O) groups is 1. The van der Waals surface area contributed by atoms with E-state index in [0.29, 0.717) is 21.4 Å². The van der Waals surface area contributed by atoms with Crippen LogP contribution in [0.2, 0.25) is 25.7 Å². The van der Waals surface area contributed by atoms with Crippen LogP contribution < -0.4 is 0 Å². The molecule has 0 aliphatic rings. The highest BCUT2D eigenvalue weighted by Crippen LogP contribution is 2.32. The minimum atomic E-state index is -1.17. The number of Topliss-reactive ketones (excluding diaryl/α,β-unsaturated/α-hetero) is 1. The second-order valence-electron chi connectivity index (χ2n) is 5.80. The van der Waals surface area contributed by atoms with Crippen molar-refractivity contribution in [2.24, 2.45) is 0 Å². The number of aliphatic hydroxyl groups excluding tert-OH is 1. The molecule has 0 spiro atoms. The van der Waals surface area contributed by atoms with Crippen molar-refractivity contribution in [2.75, 3.05) is 13.2 Å². The highest BCUT2D eigenvalue weighted by atomic mass is 79.9. The van der Waals surface area contributed by atoms with Crippen LogP contribution in [0.3, 0.4) is 0 Å². The minimum Gasteiger partial charge on any atom is -0.388 e. The summed E-state index contributed by atoms with van der Waals surface area (Å²) < 4.78 is 8.03. The van der Waals surface area contributed by atoms with Gasteiger partial charge in [-0.25, -0.2) is 0 Å². The topological polar surface area (TPSA) is 75.2 Å². The van der Waals surface area contributed by atoms with Crippen molar-refractivity contribution in [1.29, 1.82) is 5.26 Å². The molecule has 1 aromatic heterocycles. The van der Waals surface area contributed by atoms with Gasteiger partial charge in [-0.1, -0.05) is 19.6 Å². The first kappa shape index (κ1) is 18.6. The Labute approximate surface area is 142 Å². The number of nitrogens with zero attached hydrogens (tertiary/aromatic N) is 2. The number of aliphatic hydroxyl groups is 1. The number of ether oxygens (including phenoxy) is 1. The van der Waals surface area contributed by atoms with Gasteiger partial charge in [-0.2, -0.15) is 5.26 Å². The van der Waals surface area contributed by atoms with Crippen molar-refractivity contribution >= 4 is 45.7 Å². The van der Waals surface area contributed by atoms with Gasteiger partial charge < -0.3 is 14.4 Å². The zero-order valence-electron chi connectivity index (χ0n) is 12.2. The normalized spacial score (nSPS) is 11.5. The molecule has 0 atom stereocenters. The smallest absolute Gasteiger partial charge is 0.192 e. The Balaban J connectivity index is 2.93. The van der Waals surface area contributed by atoms with Crippen molar-refractivity contribution in [1.82, 2.24) is 4.57 Å². The highest BCUT2D eigenvalue weighted by molar-refractivity contribution is 9.11.